The van der Waals surface area contributed by atoms with Crippen LogP contribution in [0.3, 0.4) is 0 Å². The minimum absolute atomic E-state index is 0.312. The number of hydrogen-bond donors (Lipinski definition) is 0. The maximum absolute atomic E-state index is 11.3. The van der Waals surface area contributed by atoms with E-state index in [0.717, 1.165) is 6.42 Å². The second-order valence-electron chi connectivity index (χ2n) is 1.90. The SMILES string of the molecule is CCCOC(=O)C(C)OF. The first-order chi connectivity index (χ1) is 4.72. The van der Waals surface area contributed by atoms with Gasteiger partial charge in [0.1, 0.15) is 0 Å². The van der Waals surface area contributed by atoms with Crippen LogP contribution in [0.2, 0.25) is 0 Å². The number of esters is 1. The second-order valence-corrected chi connectivity index (χ2v) is 1.90. The van der Waals surface area contributed by atoms with Crippen LogP contribution in [0.15, 0.2) is 0 Å². The van der Waals surface area contributed by atoms with Crippen molar-refractivity contribution in [1.82, 2.24) is 0 Å². The highest BCUT2D eigenvalue weighted by Gasteiger charge is 2.14. The molecule has 1 unspecified atom stereocenters. The molecule has 0 rings (SSSR count). The fourth-order valence-corrected chi connectivity index (χ4v) is 0.356. The molecule has 0 aliphatic rings. The van der Waals surface area contributed by atoms with E-state index in [2.05, 4.69) is 9.68 Å². The first-order valence-electron chi connectivity index (χ1n) is 3.16. The Bertz CT molecular complexity index is 105. The van der Waals surface area contributed by atoms with E-state index in [1.807, 2.05) is 6.92 Å². The van der Waals surface area contributed by atoms with E-state index >= 15 is 0 Å². The van der Waals surface area contributed by atoms with E-state index in [0.29, 0.717) is 6.61 Å². The maximum atomic E-state index is 11.3. The lowest BCUT2D eigenvalue weighted by molar-refractivity contribution is -0.199. The van der Waals surface area contributed by atoms with Gasteiger partial charge in [0.25, 0.3) is 0 Å². The molecule has 0 aromatic rings. The zero-order valence-electron chi connectivity index (χ0n) is 6.09. The standard InChI is InChI=1S/C6H11FO3/c1-3-4-9-6(8)5(2)10-7/h5H,3-4H2,1-2H3. The average Bonchev–Trinajstić information content (AvgIpc) is 1.98. The van der Waals surface area contributed by atoms with Gasteiger partial charge in [0, 0.05) is 0 Å². The van der Waals surface area contributed by atoms with Crippen molar-refractivity contribution in [3.05, 3.63) is 0 Å². The highest BCUT2D eigenvalue weighted by Crippen LogP contribution is 1.94. The molecule has 0 radical (unpaired) electrons. The Morgan fingerprint density at radius 3 is 2.70 bits per heavy atom. The molecule has 0 amide bonds. The lowest BCUT2D eigenvalue weighted by Gasteiger charge is -2.04. The van der Waals surface area contributed by atoms with Gasteiger partial charge in [0.05, 0.1) is 6.61 Å². The number of rotatable bonds is 4. The largest absolute Gasteiger partial charge is 0.464 e. The highest BCUT2D eigenvalue weighted by molar-refractivity contribution is 5.73. The van der Waals surface area contributed by atoms with E-state index in [1.54, 1.807) is 0 Å². The molecule has 60 valence electrons. The number of carbonyl (C=O) groups is 1. The lowest BCUT2D eigenvalue weighted by Crippen LogP contribution is -2.20. The Labute approximate surface area is 59.0 Å². The number of carbonyl (C=O) groups excluding carboxylic acids is 1. The maximum Gasteiger partial charge on any atom is 0.338 e. The molecule has 0 spiro atoms. The summed E-state index contributed by atoms with van der Waals surface area (Å²) in [5.74, 6) is -0.663. The summed E-state index contributed by atoms with van der Waals surface area (Å²) in [5.41, 5.74) is 0. The summed E-state index contributed by atoms with van der Waals surface area (Å²) in [6.45, 7) is 3.46. The molecular formula is C6H11FO3. The van der Waals surface area contributed by atoms with Crippen LogP contribution in [0.25, 0.3) is 0 Å². The second kappa shape index (κ2) is 5.17. The molecular weight excluding hydrogens is 139 g/mol. The molecule has 0 saturated carbocycles. The third-order valence-corrected chi connectivity index (χ3v) is 0.914. The summed E-state index contributed by atoms with van der Waals surface area (Å²) in [6, 6.07) is 0. The molecule has 0 aliphatic carbocycles. The van der Waals surface area contributed by atoms with E-state index in [-0.39, 0.29) is 0 Å². The minimum atomic E-state index is -1.11. The average molecular weight is 150 g/mol. The first-order valence-corrected chi connectivity index (χ1v) is 3.16. The molecule has 0 aliphatic heterocycles. The van der Waals surface area contributed by atoms with Gasteiger partial charge >= 0.3 is 5.97 Å². The van der Waals surface area contributed by atoms with E-state index in [1.165, 1.54) is 6.92 Å². The van der Waals surface area contributed by atoms with Crippen molar-refractivity contribution in [1.29, 1.82) is 0 Å². The molecule has 0 bridgehead atoms. The summed E-state index contributed by atoms with van der Waals surface area (Å²) in [6.07, 6.45) is -0.378. The quantitative estimate of drug-likeness (QED) is 0.565. The Morgan fingerprint density at radius 2 is 2.30 bits per heavy atom. The topological polar surface area (TPSA) is 35.5 Å². The van der Waals surface area contributed by atoms with Gasteiger partial charge in [-0.2, -0.15) is 4.94 Å². The predicted molar refractivity (Wildman–Crippen MR) is 32.9 cm³/mol. The molecule has 0 N–H and O–H groups in total. The van der Waals surface area contributed by atoms with Crippen LogP contribution in [0.1, 0.15) is 20.3 Å². The van der Waals surface area contributed by atoms with Gasteiger partial charge in [-0.15, -0.1) is 0 Å². The van der Waals surface area contributed by atoms with Crippen LogP contribution in [0.5, 0.6) is 0 Å². The van der Waals surface area contributed by atoms with Crippen molar-refractivity contribution in [3.63, 3.8) is 0 Å². The normalized spacial score (nSPS) is 12.7. The smallest absolute Gasteiger partial charge is 0.338 e. The zero-order valence-corrected chi connectivity index (χ0v) is 6.09. The summed E-state index contributed by atoms with van der Waals surface area (Å²) in [7, 11) is 0. The van der Waals surface area contributed by atoms with Crippen molar-refractivity contribution < 1.29 is 19.0 Å². The summed E-state index contributed by atoms with van der Waals surface area (Å²) in [4.78, 5) is 13.8. The zero-order chi connectivity index (χ0) is 7.98. The lowest BCUT2D eigenvalue weighted by atomic mass is 10.4. The van der Waals surface area contributed by atoms with Crippen molar-refractivity contribution >= 4 is 5.97 Å². The molecule has 0 fully saturated rings. The number of ether oxygens (including phenoxy) is 1. The van der Waals surface area contributed by atoms with Crippen LogP contribution in [0.4, 0.5) is 4.53 Å². The Balaban J connectivity index is 3.42. The molecule has 1 atom stereocenters. The van der Waals surface area contributed by atoms with Gasteiger partial charge in [-0.1, -0.05) is 6.92 Å². The summed E-state index contributed by atoms with van der Waals surface area (Å²) < 4.78 is 15.8. The molecule has 0 aromatic carbocycles. The van der Waals surface area contributed by atoms with Crippen LogP contribution < -0.4 is 0 Å². The molecule has 4 heteroatoms. The van der Waals surface area contributed by atoms with Crippen LogP contribution >= 0.6 is 0 Å². The summed E-state index contributed by atoms with van der Waals surface area (Å²) >= 11 is 0. The third kappa shape index (κ3) is 3.40. The van der Waals surface area contributed by atoms with Gasteiger partial charge in [-0.3, -0.25) is 0 Å². The fourth-order valence-electron chi connectivity index (χ4n) is 0.356. The van der Waals surface area contributed by atoms with Crippen LogP contribution in [0, 0.1) is 0 Å². The van der Waals surface area contributed by atoms with Gasteiger partial charge in [0.15, 0.2) is 6.10 Å². The Kier molecular flexibility index (Phi) is 4.84. The molecule has 0 aromatic heterocycles. The molecule has 0 heterocycles. The third-order valence-electron chi connectivity index (χ3n) is 0.914. The van der Waals surface area contributed by atoms with Crippen LogP contribution in [-0.4, -0.2) is 18.7 Å². The highest BCUT2D eigenvalue weighted by atomic mass is 19.3. The minimum Gasteiger partial charge on any atom is -0.464 e. The Hall–Kier alpha value is -0.640. The first kappa shape index (κ1) is 9.36. The number of halogens is 1. The van der Waals surface area contributed by atoms with Crippen molar-refractivity contribution in [2.75, 3.05) is 6.61 Å². The van der Waals surface area contributed by atoms with Crippen LogP contribution in [-0.2, 0) is 14.5 Å². The number of hydrogen-bond acceptors (Lipinski definition) is 3. The van der Waals surface area contributed by atoms with Gasteiger partial charge in [-0.05, 0) is 17.9 Å². The molecule has 3 nitrogen and oxygen atoms in total. The van der Waals surface area contributed by atoms with Gasteiger partial charge < -0.3 is 4.74 Å². The van der Waals surface area contributed by atoms with Crippen molar-refractivity contribution in [3.8, 4) is 0 Å². The van der Waals surface area contributed by atoms with Gasteiger partial charge in [0.2, 0.25) is 0 Å². The van der Waals surface area contributed by atoms with E-state index in [4.69, 9.17) is 0 Å². The van der Waals surface area contributed by atoms with Crippen molar-refractivity contribution in [2.45, 2.75) is 26.4 Å². The Morgan fingerprint density at radius 1 is 1.70 bits per heavy atom. The predicted octanol–water partition coefficient (Wildman–Crippen LogP) is 1.23. The van der Waals surface area contributed by atoms with E-state index in [9.17, 15) is 9.32 Å². The fraction of sp³-hybridized carbons (Fsp3) is 0.833. The molecule has 10 heavy (non-hydrogen) atoms. The van der Waals surface area contributed by atoms with E-state index < -0.39 is 12.1 Å². The van der Waals surface area contributed by atoms with Crippen molar-refractivity contribution in [2.24, 2.45) is 0 Å². The van der Waals surface area contributed by atoms with Gasteiger partial charge in [-0.25, -0.2) is 4.79 Å². The monoisotopic (exact) mass is 150 g/mol. The molecule has 0 saturated heterocycles. The summed E-state index contributed by atoms with van der Waals surface area (Å²) in [5, 5.41) is 0.